The summed E-state index contributed by atoms with van der Waals surface area (Å²) in [6, 6.07) is 6.62. The van der Waals surface area contributed by atoms with Crippen LogP contribution in [0.5, 0.6) is 0 Å². The number of anilines is 3. The van der Waals surface area contributed by atoms with Crippen molar-refractivity contribution >= 4 is 46.5 Å². The van der Waals surface area contributed by atoms with Crippen LogP contribution in [0, 0.1) is 5.92 Å². The van der Waals surface area contributed by atoms with E-state index in [-0.39, 0.29) is 54.2 Å². The molecule has 4 atom stereocenters. The van der Waals surface area contributed by atoms with Crippen LogP contribution in [-0.4, -0.2) is 133 Å². The molecule has 1 aromatic carbocycles. The monoisotopic (exact) mass is 885 g/mol. The maximum absolute atomic E-state index is 14.3. The quantitative estimate of drug-likeness (QED) is 0.105. The van der Waals surface area contributed by atoms with E-state index >= 15 is 0 Å². The summed E-state index contributed by atoms with van der Waals surface area (Å²) >= 11 is 0. The van der Waals surface area contributed by atoms with Gasteiger partial charge in [0.25, 0.3) is 18.2 Å². The second-order valence-corrected chi connectivity index (χ2v) is 17.9. The number of nitrogens with one attached hydrogen (secondary N) is 3. The number of likely N-dealkylation sites (tertiary alicyclic amines) is 1. The molecule has 0 radical (unpaired) electrons. The van der Waals surface area contributed by atoms with Gasteiger partial charge in [0.15, 0.2) is 17.6 Å². The Labute approximate surface area is 367 Å². The van der Waals surface area contributed by atoms with Gasteiger partial charge in [-0.2, -0.15) is 10.2 Å². The molecule has 5 fully saturated rings. The predicted molar refractivity (Wildman–Crippen MR) is 227 cm³/mol. The Hall–Kier alpha value is -5.57. The fourth-order valence-electron chi connectivity index (χ4n) is 10.5. The highest BCUT2D eigenvalue weighted by atomic mass is 19.3. The van der Waals surface area contributed by atoms with E-state index in [4.69, 9.17) is 14.5 Å². The van der Waals surface area contributed by atoms with Gasteiger partial charge < -0.3 is 35.0 Å². The fourth-order valence-corrected chi connectivity index (χ4v) is 10.5. The standard InChI is InChI=1S/C44H53F2N11O7/c45-39(46)38-33(49-41(59)31-20-48-54-17-13-35(50-40(31)54)56-27-19-28(56)24-63-23-27)22-55(52-38)26-7-5-25(6-8-26)21-53-15-11-29(12-16-53)64-18-2-14-47-32-4-1-3-30-37(32)44(62)57(43(30)61)34-9-10-36(58)51-42(34)60/h1,3-4,13,17,20,22,25-29,34,39,43,47,61H,2,5-12,14-16,18-19,21,23-24H2,(H,49,59)(H,51,58,60)/t25-,26-,27?,28?,34?,43?. The second kappa shape index (κ2) is 17.8. The number of carbonyl (C=O) groups excluding carboxylic acids is 4. The molecular weight excluding hydrogens is 833 g/mol. The maximum Gasteiger partial charge on any atom is 0.284 e. The van der Waals surface area contributed by atoms with Crippen LogP contribution in [-0.2, 0) is 19.1 Å². The molecular formula is C44H53F2N11O7. The number of aliphatic hydroxyl groups excluding tert-OH is 1. The molecule has 6 aliphatic rings. The second-order valence-electron chi connectivity index (χ2n) is 17.9. The van der Waals surface area contributed by atoms with Crippen molar-refractivity contribution in [1.29, 1.82) is 0 Å². The number of amides is 4. The van der Waals surface area contributed by atoms with Gasteiger partial charge in [-0.15, -0.1) is 0 Å². The minimum absolute atomic E-state index is 0.00919. The molecule has 10 rings (SSSR count). The Bertz CT molecular complexity index is 2400. The lowest BCUT2D eigenvalue weighted by atomic mass is 9.85. The van der Waals surface area contributed by atoms with Crippen molar-refractivity contribution in [2.75, 3.05) is 61.5 Å². The first-order chi connectivity index (χ1) is 31.1. The van der Waals surface area contributed by atoms with Crippen LogP contribution in [0.2, 0.25) is 0 Å². The van der Waals surface area contributed by atoms with E-state index in [9.17, 15) is 33.1 Å². The van der Waals surface area contributed by atoms with Crippen molar-refractivity contribution < 1.29 is 42.5 Å². The first kappa shape index (κ1) is 42.4. The molecule has 340 valence electrons. The number of halogens is 2. The molecule has 64 heavy (non-hydrogen) atoms. The summed E-state index contributed by atoms with van der Waals surface area (Å²) < 4.78 is 43.5. The number of piperidine rings is 2. The maximum atomic E-state index is 14.3. The van der Waals surface area contributed by atoms with Crippen LogP contribution in [0.15, 0.2) is 42.9 Å². The van der Waals surface area contributed by atoms with Crippen LogP contribution in [0.1, 0.15) is 115 Å². The molecule has 1 saturated carbocycles. The first-order valence-corrected chi connectivity index (χ1v) is 22.5. The van der Waals surface area contributed by atoms with E-state index in [0.29, 0.717) is 61.2 Å². The van der Waals surface area contributed by atoms with Crippen molar-refractivity contribution in [3.8, 4) is 0 Å². The van der Waals surface area contributed by atoms with Crippen molar-refractivity contribution in [3.05, 3.63) is 65.2 Å². The van der Waals surface area contributed by atoms with Gasteiger partial charge in [0.2, 0.25) is 11.8 Å². The van der Waals surface area contributed by atoms with E-state index in [1.165, 1.54) is 21.8 Å². The highest BCUT2D eigenvalue weighted by Gasteiger charge is 2.46. The number of benzene rings is 1. The molecule has 1 aliphatic carbocycles. The average Bonchev–Trinajstić information content (AvgIpc) is 3.99. The third-order valence-electron chi connectivity index (χ3n) is 13.9. The smallest absolute Gasteiger partial charge is 0.284 e. The fraction of sp³-hybridized carbons (Fsp3) is 0.568. The molecule has 0 spiro atoms. The van der Waals surface area contributed by atoms with Gasteiger partial charge in [-0.1, -0.05) is 12.1 Å². The van der Waals surface area contributed by atoms with Gasteiger partial charge in [0.1, 0.15) is 17.4 Å². The number of fused-ring (bicyclic) bond motifs is 4. The summed E-state index contributed by atoms with van der Waals surface area (Å²) in [5, 5.41) is 27.8. The van der Waals surface area contributed by atoms with Crippen molar-refractivity contribution in [1.82, 2.24) is 39.5 Å². The zero-order valence-electron chi connectivity index (χ0n) is 35.4. The minimum Gasteiger partial charge on any atom is -0.384 e. The normalized spacial score (nSPS) is 26.3. The zero-order valence-corrected chi connectivity index (χ0v) is 35.4. The largest absolute Gasteiger partial charge is 0.384 e. The van der Waals surface area contributed by atoms with Crippen LogP contribution >= 0.6 is 0 Å². The summed E-state index contributed by atoms with van der Waals surface area (Å²) in [4.78, 5) is 61.7. The molecule has 3 aromatic heterocycles. The van der Waals surface area contributed by atoms with E-state index in [1.54, 1.807) is 29.1 Å². The number of rotatable bonds is 14. The highest BCUT2D eigenvalue weighted by Crippen LogP contribution is 2.40. The van der Waals surface area contributed by atoms with E-state index in [2.05, 4.69) is 35.9 Å². The van der Waals surface area contributed by atoms with Gasteiger partial charge in [-0.25, -0.2) is 18.3 Å². The zero-order chi connectivity index (χ0) is 44.1. The van der Waals surface area contributed by atoms with Gasteiger partial charge in [0, 0.05) is 62.9 Å². The molecule has 20 heteroatoms. The lowest BCUT2D eigenvalue weighted by Gasteiger charge is -2.53. The number of carbonyl (C=O) groups is 4. The van der Waals surface area contributed by atoms with Gasteiger partial charge in [-0.3, -0.25) is 34.1 Å². The number of hydrogen-bond acceptors (Lipinski definition) is 13. The first-order valence-electron chi connectivity index (χ1n) is 22.5. The lowest BCUT2D eigenvalue weighted by molar-refractivity contribution is -0.139. The van der Waals surface area contributed by atoms with Crippen molar-refractivity contribution in [2.45, 2.75) is 107 Å². The Balaban J connectivity index is 0.657. The topological polar surface area (TPSA) is 201 Å². The number of hydrogen-bond donors (Lipinski definition) is 4. The van der Waals surface area contributed by atoms with Crippen molar-refractivity contribution in [2.24, 2.45) is 5.92 Å². The van der Waals surface area contributed by atoms with E-state index in [1.807, 2.05) is 6.07 Å². The van der Waals surface area contributed by atoms with E-state index < -0.39 is 42.1 Å². The molecule has 4 N–H and O–H groups in total. The molecule has 2 bridgehead atoms. The number of aromatic nitrogens is 5. The third-order valence-corrected chi connectivity index (χ3v) is 13.9. The van der Waals surface area contributed by atoms with Gasteiger partial charge in [-0.05, 0) is 75.8 Å². The molecule has 4 unspecified atom stereocenters. The number of ether oxygens (including phenoxy) is 2. The SMILES string of the molecule is O=C1CCC(N2C(=O)c3c(NCCCOC4CCN(C[C@H]5CC[C@H](n6cc(NC(=O)c7cnn8ccc(N9C%10COCC9C%10)nc78)c(C(F)F)n6)CC5)CC4)cccc3C2O)C(=O)N1. The third kappa shape index (κ3) is 8.20. The van der Waals surface area contributed by atoms with Crippen molar-refractivity contribution in [3.63, 3.8) is 0 Å². The molecule has 4 aromatic rings. The minimum atomic E-state index is -2.86. The Morgan fingerprint density at radius 3 is 2.53 bits per heavy atom. The Morgan fingerprint density at radius 2 is 1.78 bits per heavy atom. The Morgan fingerprint density at radius 1 is 0.984 bits per heavy atom. The molecule has 5 aliphatic heterocycles. The summed E-state index contributed by atoms with van der Waals surface area (Å²) in [6.07, 6.45) is 8.11. The number of aliphatic hydroxyl groups is 1. The number of morpholine rings is 1. The highest BCUT2D eigenvalue weighted by molar-refractivity contribution is 6.09. The number of nitrogens with zero attached hydrogens (tertiary/aromatic N) is 8. The van der Waals surface area contributed by atoms with Crippen LogP contribution < -0.4 is 20.9 Å². The van der Waals surface area contributed by atoms with E-state index in [0.717, 1.165) is 70.4 Å². The van der Waals surface area contributed by atoms with Gasteiger partial charge in [0.05, 0.1) is 54.9 Å². The van der Waals surface area contributed by atoms with Gasteiger partial charge >= 0.3 is 0 Å². The summed E-state index contributed by atoms with van der Waals surface area (Å²) in [6.45, 7) is 5.22. The molecule has 4 amide bonds. The number of alkyl halides is 2. The molecule has 4 saturated heterocycles. The summed E-state index contributed by atoms with van der Waals surface area (Å²) in [7, 11) is 0. The molecule has 8 heterocycles. The van der Waals surface area contributed by atoms with Crippen LogP contribution in [0.3, 0.4) is 0 Å². The van der Waals surface area contributed by atoms with Crippen LogP contribution in [0.4, 0.5) is 26.0 Å². The number of imide groups is 1. The molecule has 18 nitrogen and oxygen atoms in total. The Kier molecular flexibility index (Phi) is 11.8. The average molecular weight is 886 g/mol. The summed E-state index contributed by atoms with van der Waals surface area (Å²) in [5.74, 6) is -0.751. The van der Waals surface area contributed by atoms with Crippen LogP contribution in [0.25, 0.3) is 5.65 Å². The summed E-state index contributed by atoms with van der Waals surface area (Å²) in [5.41, 5.74) is 1.44. The lowest BCUT2D eigenvalue weighted by Crippen LogP contribution is -2.64. The predicted octanol–water partition coefficient (Wildman–Crippen LogP) is 4.06.